The zero-order valence-corrected chi connectivity index (χ0v) is 20.3. The van der Waals surface area contributed by atoms with Gasteiger partial charge in [0.15, 0.2) is 0 Å². The number of hydrogen-bond donors (Lipinski definition) is 3. The fourth-order valence-electron chi connectivity index (χ4n) is 4.54. The summed E-state index contributed by atoms with van der Waals surface area (Å²) in [6.45, 7) is 0. The highest BCUT2D eigenvalue weighted by Gasteiger charge is 2.44. The van der Waals surface area contributed by atoms with E-state index in [0.29, 0.717) is 11.3 Å². The van der Waals surface area contributed by atoms with Crippen molar-refractivity contribution in [1.82, 2.24) is 10.5 Å². The number of para-hydroxylation sites is 1. The monoisotopic (exact) mass is 499 g/mol. The number of amides is 2. The van der Waals surface area contributed by atoms with Crippen molar-refractivity contribution in [2.45, 2.75) is 31.1 Å². The Morgan fingerprint density at radius 1 is 0.917 bits per heavy atom. The van der Waals surface area contributed by atoms with E-state index in [-0.39, 0.29) is 5.91 Å². The summed E-state index contributed by atoms with van der Waals surface area (Å²) in [5, 5.41) is 14.6. The summed E-state index contributed by atoms with van der Waals surface area (Å²) >= 11 is 1.52. The van der Waals surface area contributed by atoms with Crippen LogP contribution in [0.5, 0.6) is 11.5 Å². The second kappa shape index (κ2) is 10.3. The molecule has 0 atom stereocenters. The van der Waals surface area contributed by atoms with Crippen LogP contribution in [-0.2, 0) is 10.2 Å². The van der Waals surface area contributed by atoms with E-state index in [1.54, 1.807) is 29.7 Å². The Labute approximate surface area is 212 Å². The number of carbonyl (C=O) groups excluding carboxylic acids is 2. The lowest BCUT2D eigenvalue weighted by atomic mass is 9.82. The maximum atomic E-state index is 13.5. The third kappa shape index (κ3) is 4.86. The van der Waals surface area contributed by atoms with Crippen LogP contribution in [-0.4, -0.2) is 22.0 Å². The van der Waals surface area contributed by atoms with Crippen molar-refractivity contribution < 1.29 is 19.5 Å². The Bertz CT molecular complexity index is 1360. The first-order valence-electron chi connectivity index (χ1n) is 11.7. The van der Waals surface area contributed by atoms with Crippen LogP contribution in [0.25, 0.3) is 10.6 Å². The molecule has 1 aromatic heterocycles. The van der Waals surface area contributed by atoms with E-state index in [4.69, 9.17) is 14.9 Å². The fourth-order valence-corrected chi connectivity index (χ4v) is 5.46. The minimum absolute atomic E-state index is 0.0997. The van der Waals surface area contributed by atoms with E-state index in [1.807, 2.05) is 60.0 Å². The summed E-state index contributed by atoms with van der Waals surface area (Å²) in [4.78, 5) is 30.0. The first kappa shape index (κ1) is 23.7. The van der Waals surface area contributed by atoms with Crippen LogP contribution in [0, 0.1) is 0 Å². The van der Waals surface area contributed by atoms with Gasteiger partial charge in [-0.1, -0.05) is 43.2 Å². The average Bonchev–Trinajstić information content (AvgIpc) is 3.61. The topological polar surface area (TPSA) is 101 Å². The van der Waals surface area contributed by atoms with Crippen LogP contribution in [0.1, 0.15) is 41.7 Å². The summed E-state index contributed by atoms with van der Waals surface area (Å²) in [6, 6.07) is 23.8. The van der Waals surface area contributed by atoms with Gasteiger partial charge in [0.2, 0.25) is 5.91 Å². The molecule has 1 saturated carbocycles. The summed E-state index contributed by atoms with van der Waals surface area (Å²) in [6.07, 6.45) is 3.36. The van der Waals surface area contributed by atoms with Crippen molar-refractivity contribution in [2.24, 2.45) is 0 Å². The van der Waals surface area contributed by atoms with Crippen LogP contribution < -0.4 is 15.5 Å². The molecule has 1 aliphatic rings. The number of nitrogens with zero attached hydrogens (tertiary/aromatic N) is 1. The molecule has 4 aromatic rings. The Balaban J connectivity index is 1.36. The molecule has 182 valence electrons. The maximum absolute atomic E-state index is 13.5. The number of anilines is 1. The molecule has 36 heavy (non-hydrogen) atoms. The maximum Gasteiger partial charge on any atom is 0.274 e. The predicted octanol–water partition coefficient (Wildman–Crippen LogP) is 6.17. The van der Waals surface area contributed by atoms with E-state index in [0.717, 1.165) is 53.4 Å². The lowest BCUT2D eigenvalue weighted by molar-refractivity contribution is -0.121. The Kier molecular flexibility index (Phi) is 6.79. The summed E-state index contributed by atoms with van der Waals surface area (Å²) in [7, 11) is 0. The normalized spacial score (nSPS) is 14.2. The number of hydroxylamine groups is 1. The molecule has 7 nitrogen and oxygen atoms in total. The third-order valence-electron chi connectivity index (χ3n) is 6.45. The molecule has 2 amide bonds. The summed E-state index contributed by atoms with van der Waals surface area (Å²) in [5.41, 5.74) is 3.51. The molecule has 3 aromatic carbocycles. The van der Waals surface area contributed by atoms with Gasteiger partial charge in [-0.05, 0) is 61.4 Å². The number of nitrogens with one attached hydrogen (secondary N) is 2. The summed E-state index contributed by atoms with van der Waals surface area (Å²) in [5.74, 6) is 0.786. The molecule has 1 fully saturated rings. The molecule has 3 N–H and O–H groups in total. The molecule has 0 bridgehead atoms. The number of carbonyl (C=O) groups is 2. The molecular weight excluding hydrogens is 474 g/mol. The average molecular weight is 500 g/mol. The molecule has 5 rings (SSSR count). The van der Waals surface area contributed by atoms with Gasteiger partial charge in [-0.3, -0.25) is 14.8 Å². The van der Waals surface area contributed by atoms with E-state index in [1.165, 1.54) is 11.3 Å². The molecule has 1 heterocycles. The van der Waals surface area contributed by atoms with Gasteiger partial charge >= 0.3 is 0 Å². The van der Waals surface area contributed by atoms with Gasteiger partial charge in [-0.2, -0.15) is 0 Å². The second-order valence-electron chi connectivity index (χ2n) is 8.74. The zero-order chi connectivity index (χ0) is 25.0. The van der Waals surface area contributed by atoms with Gasteiger partial charge in [-0.25, -0.2) is 10.5 Å². The lowest BCUT2D eigenvalue weighted by Gasteiger charge is -2.26. The van der Waals surface area contributed by atoms with Crippen molar-refractivity contribution in [3.8, 4) is 22.1 Å². The summed E-state index contributed by atoms with van der Waals surface area (Å²) < 4.78 is 5.98. The van der Waals surface area contributed by atoms with Crippen LogP contribution in [0.15, 0.2) is 84.2 Å². The predicted molar refractivity (Wildman–Crippen MR) is 139 cm³/mol. The molecule has 0 aliphatic heterocycles. The smallest absolute Gasteiger partial charge is 0.274 e. The Morgan fingerprint density at radius 2 is 1.64 bits per heavy atom. The van der Waals surface area contributed by atoms with Crippen LogP contribution >= 0.6 is 11.3 Å². The van der Waals surface area contributed by atoms with Crippen LogP contribution in [0.2, 0.25) is 0 Å². The molecular formula is C28H25N3O4S. The number of ether oxygens (including phenoxy) is 1. The van der Waals surface area contributed by atoms with Crippen molar-refractivity contribution in [1.29, 1.82) is 0 Å². The lowest BCUT2D eigenvalue weighted by Crippen LogP contribution is -2.38. The van der Waals surface area contributed by atoms with E-state index in [2.05, 4.69) is 5.32 Å². The van der Waals surface area contributed by atoms with Gasteiger partial charge in [-0.15, -0.1) is 11.3 Å². The number of rotatable bonds is 7. The van der Waals surface area contributed by atoms with Gasteiger partial charge < -0.3 is 10.1 Å². The zero-order valence-electron chi connectivity index (χ0n) is 19.4. The Hall–Kier alpha value is -4.01. The molecule has 1 aliphatic carbocycles. The molecule has 0 unspecified atom stereocenters. The highest BCUT2D eigenvalue weighted by atomic mass is 32.1. The van der Waals surface area contributed by atoms with E-state index in [9.17, 15) is 9.59 Å². The molecule has 0 radical (unpaired) electrons. The van der Waals surface area contributed by atoms with Crippen molar-refractivity contribution in [3.63, 3.8) is 0 Å². The third-order valence-corrected chi connectivity index (χ3v) is 7.34. The van der Waals surface area contributed by atoms with Gasteiger partial charge in [0.1, 0.15) is 16.5 Å². The van der Waals surface area contributed by atoms with Gasteiger partial charge in [0, 0.05) is 22.2 Å². The van der Waals surface area contributed by atoms with Crippen molar-refractivity contribution in [3.05, 3.63) is 95.5 Å². The van der Waals surface area contributed by atoms with E-state index < -0.39 is 11.3 Å². The van der Waals surface area contributed by atoms with E-state index >= 15 is 0 Å². The number of thiazole rings is 1. The number of aromatic nitrogens is 1. The largest absolute Gasteiger partial charge is 0.457 e. The molecule has 0 saturated heterocycles. The van der Waals surface area contributed by atoms with Crippen LogP contribution in [0.3, 0.4) is 0 Å². The quantitative estimate of drug-likeness (QED) is 0.208. The highest BCUT2D eigenvalue weighted by molar-refractivity contribution is 7.13. The highest BCUT2D eigenvalue weighted by Crippen LogP contribution is 2.43. The van der Waals surface area contributed by atoms with Gasteiger partial charge in [0.25, 0.3) is 5.91 Å². The van der Waals surface area contributed by atoms with Crippen molar-refractivity contribution in [2.75, 3.05) is 5.32 Å². The minimum Gasteiger partial charge on any atom is -0.457 e. The fraction of sp³-hybridized carbons (Fsp3) is 0.179. The SMILES string of the molecule is O=C(NO)c1ccc(NC(=O)C2(c3csc(-c4cccc(Oc5ccccc5)c4)n3)CCCC2)cc1. The number of benzene rings is 3. The molecule has 8 heteroatoms. The number of hydrogen-bond acceptors (Lipinski definition) is 6. The first-order valence-corrected chi connectivity index (χ1v) is 12.6. The van der Waals surface area contributed by atoms with Gasteiger partial charge in [0.05, 0.1) is 11.1 Å². The van der Waals surface area contributed by atoms with Crippen molar-refractivity contribution >= 4 is 28.8 Å². The molecule has 0 spiro atoms. The standard InChI is InChI=1S/C28H25N3O4S/c32-25(31-34)19-11-13-21(14-12-19)29-27(33)28(15-4-5-16-28)24-18-36-26(30-24)20-7-6-10-23(17-20)35-22-8-2-1-3-9-22/h1-3,6-14,17-18,34H,4-5,15-16H2,(H,29,33)(H,31,32). The van der Waals surface area contributed by atoms with Crippen LogP contribution in [0.4, 0.5) is 5.69 Å². The second-order valence-corrected chi connectivity index (χ2v) is 9.60. The Morgan fingerprint density at radius 3 is 2.36 bits per heavy atom. The minimum atomic E-state index is -0.700. The first-order chi connectivity index (χ1) is 17.6.